The van der Waals surface area contributed by atoms with Crippen molar-refractivity contribution >= 4 is 11.6 Å². The van der Waals surface area contributed by atoms with E-state index in [9.17, 15) is 14.5 Å². The molecule has 5 nitrogen and oxygen atoms in total. The summed E-state index contributed by atoms with van der Waals surface area (Å²) in [6.07, 6.45) is 25.2. The molecule has 0 spiro atoms. The minimum absolute atomic E-state index is 0.120. The molecule has 0 aromatic rings. The molecule has 1 saturated carbocycles. The number of nitrogens with zero attached hydrogens (tertiary/aromatic N) is 1. The first-order valence-corrected chi connectivity index (χ1v) is 14.4. The second kappa shape index (κ2) is 22.9. The van der Waals surface area contributed by atoms with E-state index >= 15 is 0 Å². The van der Waals surface area contributed by atoms with Crippen LogP contribution in [0.2, 0.25) is 0 Å². The number of allylic oxidation sites excluding steroid dienone is 8. The first-order chi connectivity index (χ1) is 17.7. The van der Waals surface area contributed by atoms with E-state index in [0.717, 1.165) is 44.4 Å². The van der Waals surface area contributed by atoms with Crippen molar-refractivity contribution in [2.75, 3.05) is 0 Å². The molecule has 0 saturated heterocycles. The Balaban J connectivity index is 0.00000139. The highest BCUT2D eigenvalue weighted by Gasteiger charge is 2.36. The standard InChI is InChI=1S/C24H35NO4.C8H18/c1-4-5-10-19(2)13-16-22(27)17-14-21-15-18-24(29-25-28)23(21)12-9-7-6-8-11-20(3)26;1-4-5-6-7-8(2)3/h4-5,7,9-10,14,17,21,23-24H,6,8,11-13,15-16,18H2,1-3H3;8H,4-7H2,1-3H3/b5-4-,9-7-,17-14+,19-10+;. The van der Waals surface area contributed by atoms with Crippen LogP contribution < -0.4 is 0 Å². The maximum absolute atomic E-state index is 12.2. The second-order valence-corrected chi connectivity index (χ2v) is 10.7. The van der Waals surface area contributed by atoms with Gasteiger partial charge in [-0.2, -0.15) is 0 Å². The third kappa shape index (κ3) is 19.5. The molecule has 3 unspecified atom stereocenters. The van der Waals surface area contributed by atoms with Gasteiger partial charge in [-0.1, -0.05) is 88.5 Å². The quantitative estimate of drug-likeness (QED) is 0.0455. The van der Waals surface area contributed by atoms with Crippen molar-refractivity contribution in [1.82, 2.24) is 0 Å². The number of unbranched alkanes of at least 4 members (excludes halogenated alkanes) is 3. The fraction of sp³-hybridized carbons (Fsp3) is 0.688. The van der Waals surface area contributed by atoms with E-state index in [1.165, 1.54) is 31.3 Å². The number of hydrogen-bond donors (Lipinski definition) is 0. The van der Waals surface area contributed by atoms with Crippen LogP contribution in [0, 0.1) is 22.7 Å². The molecule has 0 radical (unpaired) electrons. The molecule has 1 rings (SSSR count). The number of Topliss-reactive ketones (excluding diaryl/α,β-unsaturated/α-hetero) is 1. The molecular formula is C32H53NO4. The molecule has 1 aliphatic carbocycles. The largest absolute Gasteiger partial charge is 0.360 e. The third-order valence-electron chi connectivity index (χ3n) is 6.72. The van der Waals surface area contributed by atoms with Crippen LogP contribution in [0.1, 0.15) is 119 Å². The van der Waals surface area contributed by atoms with Crippen molar-refractivity contribution in [1.29, 1.82) is 0 Å². The summed E-state index contributed by atoms with van der Waals surface area (Å²) in [5.74, 6) is 1.57. The van der Waals surface area contributed by atoms with Crippen molar-refractivity contribution < 1.29 is 14.4 Å². The summed E-state index contributed by atoms with van der Waals surface area (Å²) < 4.78 is 0. The highest BCUT2D eigenvalue weighted by atomic mass is 16.7. The highest BCUT2D eigenvalue weighted by molar-refractivity contribution is 5.89. The van der Waals surface area contributed by atoms with Gasteiger partial charge in [-0.25, -0.2) is 0 Å². The zero-order chi connectivity index (χ0) is 27.9. The van der Waals surface area contributed by atoms with Gasteiger partial charge in [0, 0.05) is 18.8 Å². The second-order valence-electron chi connectivity index (χ2n) is 10.7. The van der Waals surface area contributed by atoms with Crippen LogP contribution in [-0.4, -0.2) is 17.7 Å². The fourth-order valence-corrected chi connectivity index (χ4v) is 4.43. The summed E-state index contributed by atoms with van der Waals surface area (Å²) in [5.41, 5.74) is 1.18. The zero-order valence-electron chi connectivity index (χ0n) is 24.4. The van der Waals surface area contributed by atoms with Gasteiger partial charge in [-0.05, 0) is 77.2 Å². The minimum atomic E-state index is -0.204. The number of ketones is 2. The molecule has 37 heavy (non-hydrogen) atoms. The first kappa shape index (κ1) is 34.7. The Labute approximate surface area is 226 Å². The molecule has 1 aliphatic rings. The molecule has 210 valence electrons. The lowest BCUT2D eigenvalue weighted by Gasteiger charge is -2.19. The average Bonchev–Trinajstić information content (AvgIpc) is 3.23. The first-order valence-electron chi connectivity index (χ1n) is 14.4. The maximum Gasteiger partial charge on any atom is 0.155 e. The molecule has 0 bridgehead atoms. The summed E-state index contributed by atoms with van der Waals surface area (Å²) in [6.45, 7) is 12.4. The highest BCUT2D eigenvalue weighted by Crippen LogP contribution is 2.38. The van der Waals surface area contributed by atoms with Gasteiger partial charge in [-0.15, -0.1) is 4.91 Å². The summed E-state index contributed by atoms with van der Waals surface area (Å²) in [7, 11) is 0. The summed E-state index contributed by atoms with van der Waals surface area (Å²) in [4.78, 5) is 38.8. The van der Waals surface area contributed by atoms with Gasteiger partial charge in [0.25, 0.3) is 0 Å². The van der Waals surface area contributed by atoms with Crippen LogP contribution in [0.4, 0.5) is 0 Å². The molecule has 0 aliphatic heterocycles. The molecule has 0 N–H and O–H groups in total. The van der Waals surface area contributed by atoms with Crippen LogP contribution in [0.25, 0.3) is 0 Å². The van der Waals surface area contributed by atoms with Gasteiger partial charge in [0.2, 0.25) is 0 Å². The third-order valence-corrected chi connectivity index (χ3v) is 6.72. The molecule has 3 atom stereocenters. The predicted molar refractivity (Wildman–Crippen MR) is 156 cm³/mol. The molecule has 0 heterocycles. The van der Waals surface area contributed by atoms with Gasteiger partial charge < -0.3 is 9.63 Å². The van der Waals surface area contributed by atoms with Gasteiger partial charge in [0.1, 0.15) is 11.9 Å². The number of carbonyl (C=O) groups is 2. The van der Waals surface area contributed by atoms with Crippen LogP contribution in [0.3, 0.4) is 0 Å². The van der Waals surface area contributed by atoms with E-state index < -0.39 is 0 Å². The van der Waals surface area contributed by atoms with E-state index in [1.807, 2.05) is 38.2 Å². The van der Waals surface area contributed by atoms with E-state index in [4.69, 9.17) is 4.84 Å². The molecule has 0 aromatic carbocycles. The average molecular weight is 516 g/mol. The Hall–Kier alpha value is -2.30. The fourth-order valence-electron chi connectivity index (χ4n) is 4.43. The molecular weight excluding hydrogens is 462 g/mol. The van der Waals surface area contributed by atoms with Crippen LogP contribution in [-0.2, 0) is 14.4 Å². The van der Waals surface area contributed by atoms with Gasteiger partial charge in [-0.3, -0.25) is 4.79 Å². The van der Waals surface area contributed by atoms with E-state index in [2.05, 4.69) is 38.3 Å². The summed E-state index contributed by atoms with van der Waals surface area (Å²) in [6, 6.07) is 0. The normalized spacial score (nSPS) is 20.1. The number of carbonyl (C=O) groups excluding carboxylic acids is 2. The zero-order valence-corrected chi connectivity index (χ0v) is 24.4. The van der Waals surface area contributed by atoms with Crippen molar-refractivity contribution in [3.63, 3.8) is 0 Å². The van der Waals surface area contributed by atoms with Gasteiger partial charge in [0.15, 0.2) is 11.1 Å². The maximum atomic E-state index is 12.2. The Kier molecular flexibility index (Phi) is 21.4. The predicted octanol–water partition coefficient (Wildman–Crippen LogP) is 9.44. The lowest BCUT2D eigenvalue weighted by molar-refractivity contribution is -0.117. The van der Waals surface area contributed by atoms with Gasteiger partial charge in [0.05, 0.1) is 0 Å². The number of hydrogen-bond acceptors (Lipinski definition) is 5. The molecule has 1 fully saturated rings. The van der Waals surface area contributed by atoms with E-state index in [1.54, 1.807) is 13.0 Å². The van der Waals surface area contributed by atoms with Crippen LogP contribution in [0.5, 0.6) is 0 Å². The van der Waals surface area contributed by atoms with E-state index in [-0.39, 0.29) is 29.5 Å². The SMILES string of the molecule is C/C=C\C=C(/C)CCC(=O)/C=C/C1CCC(ON=O)C1C/C=C\CCCC(C)=O.CCCCCC(C)C. The van der Waals surface area contributed by atoms with Crippen LogP contribution >= 0.6 is 0 Å². The smallest absolute Gasteiger partial charge is 0.155 e. The Morgan fingerprint density at radius 1 is 1.03 bits per heavy atom. The molecule has 5 heteroatoms. The molecule has 0 amide bonds. The van der Waals surface area contributed by atoms with E-state index in [0.29, 0.717) is 12.8 Å². The lowest BCUT2D eigenvalue weighted by atomic mass is 9.90. The lowest BCUT2D eigenvalue weighted by Crippen LogP contribution is -2.19. The molecule has 0 aromatic heterocycles. The van der Waals surface area contributed by atoms with Gasteiger partial charge >= 0.3 is 0 Å². The minimum Gasteiger partial charge on any atom is -0.360 e. The van der Waals surface area contributed by atoms with Crippen LogP contribution in [0.15, 0.2) is 53.4 Å². The Morgan fingerprint density at radius 3 is 2.41 bits per heavy atom. The Bertz CT molecular complexity index is 748. The van der Waals surface area contributed by atoms with Crippen molar-refractivity contribution in [2.24, 2.45) is 23.1 Å². The summed E-state index contributed by atoms with van der Waals surface area (Å²) in [5, 5.41) is 2.63. The summed E-state index contributed by atoms with van der Waals surface area (Å²) >= 11 is 0. The van der Waals surface area contributed by atoms with Crippen molar-refractivity contribution in [3.05, 3.63) is 53.0 Å². The van der Waals surface area contributed by atoms with Crippen molar-refractivity contribution in [3.8, 4) is 0 Å². The Morgan fingerprint density at radius 2 is 1.78 bits per heavy atom. The number of rotatable bonds is 18. The van der Waals surface area contributed by atoms with Crippen molar-refractivity contribution in [2.45, 2.75) is 125 Å². The monoisotopic (exact) mass is 515 g/mol. The topological polar surface area (TPSA) is 72.8 Å².